The third-order valence-corrected chi connectivity index (χ3v) is 3.26. The van der Waals surface area contributed by atoms with Gasteiger partial charge in [-0.1, -0.05) is 30.3 Å². The Bertz CT molecular complexity index is 543. The first-order valence-electron chi connectivity index (χ1n) is 6.20. The number of aliphatic hydroxyl groups is 1. The van der Waals surface area contributed by atoms with E-state index < -0.39 is 0 Å². The second-order valence-corrected chi connectivity index (χ2v) is 4.73. The van der Waals surface area contributed by atoms with Crippen molar-refractivity contribution in [2.24, 2.45) is 5.73 Å². The van der Waals surface area contributed by atoms with E-state index in [9.17, 15) is 0 Å². The highest BCUT2D eigenvalue weighted by Gasteiger charge is 2.12. The number of hydrogen-bond acceptors (Lipinski definition) is 3. The van der Waals surface area contributed by atoms with Gasteiger partial charge in [0.05, 0.1) is 0 Å². The van der Waals surface area contributed by atoms with Crippen LogP contribution in [0.3, 0.4) is 0 Å². The minimum atomic E-state index is -0.115. The van der Waals surface area contributed by atoms with Crippen LogP contribution in [0.25, 0.3) is 10.8 Å². The minimum absolute atomic E-state index is 0. The molecule has 0 spiro atoms. The van der Waals surface area contributed by atoms with Gasteiger partial charge in [0, 0.05) is 37.8 Å². The molecule has 0 fully saturated rings. The Morgan fingerprint density at radius 1 is 1.11 bits per heavy atom. The van der Waals surface area contributed by atoms with Gasteiger partial charge < -0.3 is 15.7 Å². The van der Waals surface area contributed by atoms with Crippen molar-refractivity contribution >= 4 is 28.9 Å². The fourth-order valence-corrected chi connectivity index (χ4v) is 2.31. The summed E-state index contributed by atoms with van der Waals surface area (Å²) >= 11 is 0. The number of aliphatic hydroxyl groups excluding tert-OH is 1. The third-order valence-electron chi connectivity index (χ3n) is 3.26. The summed E-state index contributed by atoms with van der Waals surface area (Å²) in [6, 6.07) is 12.3. The molecule has 2 aromatic carbocycles. The third kappa shape index (κ3) is 3.18. The number of benzene rings is 2. The highest BCUT2D eigenvalue weighted by molar-refractivity contribution is 5.96. The smallest absolute Gasteiger partial charge is 0.0449 e. The molecule has 3 nitrogen and oxygen atoms in total. The van der Waals surface area contributed by atoms with Crippen LogP contribution < -0.4 is 10.6 Å². The van der Waals surface area contributed by atoms with Crippen molar-refractivity contribution in [3.63, 3.8) is 0 Å². The Labute approximate surface area is 120 Å². The lowest BCUT2D eigenvalue weighted by atomic mass is 9.96. The van der Waals surface area contributed by atoms with Crippen LogP contribution in [-0.2, 0) is 0 Å². The van der Waals surface area contributed by atoms with Gasteiger partial charge in [-0.15, -0.1) is 12.4 Å². The molecule has 0 radical (unpaired) electrons. The number of hydrogen-bond donors (Lipinski definition) is 2. The molecule has 2 aromatic rings. The monoisotopic (exact) mass is 280 g/mol. The van der Waals surface area contributed by atoms with Crippen LogP contribution in [0.5, 0.6) is 0 Å². The van der Waals surface area contributed by atoms with Crippen molar-refractivity contribution < 1.29 is 5.11 Å². The molecule has 0 aliphatic rings. The van der Waals surface area contributed by atoms with Crippen molar-refractivity contribution in [3.05, 3.63) is 42.0 Å². The number of nitrogens with two attached hydrogens (primary N) is 1. The highest BCUT2D eigenvalue weighted by atomic mass is 35.5. The molecule has 1 unspecified atom stereocenters. The normalized spacial score (nSPS) is 12.0. The average molecular weight is 281 g/mol. The Morgan fingerprint density at radius 2 is 1.74 bits per heavy atom. The minimum Gasteiger partial charge on any atom is -0.396 e. The van der Waals surface area contributed by atoms with E-state index in [0.717, 1.165) is 5.56 Å². The van der Waals surface area contributed by atoms with Crippen LogP contribution in [0.1, 0.15) is 18.0 Å². The summed E-state index contributed by atoms with van der Waals surface area (Å²) in [7, 11) is 4.07. The quantitative estimate of drug-likeness (QED) is 0.905. The van der Waals surface area contributed by atoms with E-state index in [1.807, 2.05) is 26.2 Å². The average Bonchev–Trinajstić information content (AvgIpc) is 2.37. The van der Waals surface area contributed by atoms with Crippen LogP contribution in [0.4, 0.5) is 5.69 Å². The van der Waals surface area contributed by atoms with E-state index in [-0.39, 0.29) is 25.1 Å². The lowest BCUT2D eigenvalue weighted by molar-refractivity contribution is 0.277. The Kier molecular flexibility index (Phi) is 5.60. The molecular formula is C15H21ClN2O. The van der Waals surface area contributed by atoms with Gasteiger partial charge in [-0.2, -0.15) is 0 Å². The van der Waals surface area contributed by atoms with Gasteiger partial charge in [0.25, 0.3) is 0 Å². The molecule has 0 amide bonds. The van der Waals surface area contributed by atoms with E-state index in [2.05, 4.69) is 29.2 Å². The topological polar surface area (TPSA) is 49.5 Å². The fourth-order valence-electron chi connectivity index (χ4n) is 2.31. The molecule has 0 heterocycles. The zero-order valence-corrected chi connectivity index (χ0v) is 12.2. The summed E-state index contributed by atoms with van der Waals surface area (Å²) in [4.78, 5) is 2.10. The maximum atomic E-state index is 9.02. The lowest BCUT2D eigenvalue weighted by Gasteiger charge is -2.20. The van der Waals surface area contributed by atoms with Gasteiger partial charge in [-0.3, -0.25) is 0 Å². The van der Waals surface area contributed by atoms with Crippen LogP contribution in [0.2, 0.25) is 0 Å². The van der Waals surface area contributed by atoms with Crippen molar-refractivity contribution in [3.8, 4) is 0 Å². The van der Waals surface area contributed by atoms with Crippen molar-refractivity contribution in [1.29, 1.82) is 0 Å². The number of nitrogens with zero attached hydrogens (tertiary/aromatic N) is 1. The molecular weight excluding hydrogens is 260 g/mol. The summed E-state index contributed by atoms with van der Waals surface area (Å²) in [5.74, 6) is 0. The number of rotatable bonds is 4. The molecule has 0 aromatic heterocycles. The van der Waals surface area contributed by atoms with Crippen molar-refractivity contribution in [2.75, 3.05) is 25.6 Å². The van der Waals surface area contributed by atoms with E-state index in [1.54, 1.807) is 0 Å². The number of anilines is 1. The van der Waals surface area contributed by atoms with Gasteiger partial charge in [0.1, 0.15) is 0 Å². The van der Waals surface area contributed by atoms with E-state index in [0.29, 0.717) is 6.42 Å². The highest BCUT2D eigenvalue weighted by Crippen LogP contribution is 2.31. The maximum absolute atomic E-state index is 9.02. The van der Waals surface area contributed by atoms with Gasteiger partial charge in [0.2, 0.25) is 0 Å². The van der Waals surface area contributed by atoms with Gasteiger partial charge in [-0.25, -0.2) is 0 Å². The Balaban J connectivity index is 0.00000180. The Morgan fingerprint density at radius 3 is 2.32 bits per heavy atom. The summed E-state index contributed by atoms with van der Waals surface area (Å²) < 4.78 is 0. The predicted octanol–water partition coefficient (Wildman–Crippen LogP) is 2.71. The lowest BCUT2D eigenvalue weighted by Crippen LogP contribution is -2.14. The fraction of sp³-hybridized carbons (Fsp3) is 0.333. The second-order valence-electron chi connectivity index (χ2n) is 4.73. The molecule has 2 rings (SSSR count). The van der Waals surface area contributed by atoms with Crippen LogP contribution in [0, 0.1) is 0 Å². The standard InChI is InChI=1S/C15H20N2O.ClH/c1-17(2)15-8-7-12(14(16)9-10-18)11-5-3-4-6-13(11)15;/h3-8,14,18H,9-10,16H2,1-2H3;1H. The molecule has 104 valence electrons. The second kappa shape index (κ2) is 6.75. The van der Waals surface area contributed by atoms with Gasteiger partial charge in [-0.05, 0) is 23.4 Å². The molecule has 1 atom stereocenters. The maximum Gasteiger partial charge on any atom is 0.0449 e. The summed E-state index contributed by atoms with van der Waals surface area (Å²) in [6.45, 7) is 0.116. The van der Waals surface area contributed by atoms with E-state index in [1.165, 1.54) is 16.5 Å². The summed E-state index contributed by atoms with van der Waals surface area (Å²) in [6.07, 6.45) is 0.589. The largest absolute Gasteiger partial charge is 0.396 e. The molecule has 4 heteroatoms. The number of halogens is 1. The van der Waals surface area contributed by atoms with Gasteiger partial charge in [0.15, 0.2) is 0 Å². The van der Waals surface area contributed by atoms with Crippen molar-refractivity contribution in [2.45, 2.75) is 12.5 Å². The first kappa shape index (κ1) is 15.8. The van der Waals surface area contributed by atoms with Crippen LogP contribution in [0.15, 0.2) is 36.4 Å². The van der Waals surface area contributed by atoms with Crippen LogP contribution in [-0.4, -0.2) is 25.8 Å². The SMILES string of the molecule is CN(C)c1ccc(C(N)CCO)c2ccccc12.Cl. The first-order chi connectivity index (χ1) is 8.65. The molecule has 0 aliphatic carbocycles. The zero-order chi connectivity index (χ0) is 13.1. The molecule has 0 bridgehead atoms. The molecule has 0 aliphatic heterocycles. The van der Waals surface area contributed by atoms with E-state index in [4.69, 9.17) is 10.8 Å². The van der Waals surface area contributed by atoms with E-state index >= 15 is 0 Å². The molecule has 0 saturated carbocycles. The zero-order valence-electron chi connectivity index (χ0n) is 11.3. The summed E-state index contributed by atoms with van der Waals surface area (Å²) in [5.41, 5.74) is 8.41. The van der Waals surface area contributed by atoms with Crippen LogP contribution >= 0.6 is 12.4 Å². The molecule has 19 heavy (non-hydrogen) atoms. The Hall–Kier alpha value is -1.29. The molecule has 0 saturated heterocycles. The number of fused-ring (bicyclic) bond motifs is 1. The molecule has 3 N–H and O–H groups in total. The van der Waals surface area contributed by atoms with Crippen molar-refractivity contribution in [1.82, 2.24) is 0 Å². The first-order valence-corrected chi connectivity index (χ1v) is 6.20. The summed E-state index contributed by atoms with van der Waals surface area (Å²) in [5, 5.41) is 11.4. The predicted molar refractivity (Wildman–Crippen MR) is 84.2 cm³/mol. The van der Waals surface area contributed by atoms with Gasteiger partial charge >= 0.3 is 0 Å².